The lowest BCUT2D eigenvalue weighted by atomic mass is 9.69. The van der Waals surface area contributed by atoms with Crippen molar-refractivity contribution in [2.24, 2.45) is 29.1 Å². The van der Waals surface area contributed by atoms with Crippen molar-refractivity contribution in [1.29, 1.82) is 0 Å². The zero-order valence-corrected chi connectivity index (χ0v) is 14.8. The Labute approximate surface area is 144 Å². The average molecular weight is 332 g/mol. The summed E-state index contributed by atoms with van der Waals surface area (Å²) in [5.41, 5.74) is 0.582. The molecule has 4 nitrogen and oxygen atoms in total. The summed E-state index contributed by atoms with van der Waals surface area (Å²) >= 11 is 0. The number of hydrogen-bond acceptors (Lipinski definition) is 4. The Morgan fingerprint density at radius 3 is 2.04 bits per heavy atom. The second-order valence-corrected chi connectivity index (χ2v) is 8.14. The van der Waals surface area contributed by atoms with Gasteiger partial charge < -0.3 is 9.47 Å². The van der Waals surface area contributed by atoms with E-state index in [0.29, 0.717) is 42.1 Å². The van der Waals surface area contributed by atoms with Crippen LogP contribution in [-0.4, -0.2) is 25.2 Å². The molecule has 2 bridgehead atoms. The fourth-order valence-corrected chi connectivity index (χ4v) is 5.44. The zero-order chi connectivity index (χ0) is 17.5. The van der Waals surface area contributed by atoms with Crippen LogP contribution in [0.15, 0.2) is 24.3 Å². The second kappa shape index (κ2) is 6.38. The monoisotopic (exact) mass is 332 g/mol. The van der Waals surface area contributed by atoms with E-state index in [1.54, 1.807) is 13.8 Å². The molecule has 0 heterocycles. The second-order valence-electron chi connectivity index (χ2n) is 8.14. The first-order valence-corrected chi connectivity index (χ1v) is 8.99. The number of rotatable bonds is 6. The van der Waals surface area contributed by atoms with Crippen molar-refractivity contribution in [2.45, 2.75) is 46.0 Å². The molecule has 0 aromatic carbocycles. The van der Waals surface area contributed by atoms with E-state index in [-0.39, 0.29) is 17.4 Å². The molecule has 0 aliphatic heterocycles. The van der Waals surface area contributed by atoms with Crippen molar-refractivity contribution in [2.75, 3.05) is 13.2 Å². The largest absolute Gasteiger partial charge is 0.462 e. The van der Waals surface area contributed by atoms with Gasteiger partial charge in [-0.15, -0.1) is 0 Å². The first-order chi connectivity index (χ1) is 11.3. The van der Waals surface area contributed by atoms with Gasteiger partial charge in [-0.25, -0.2) is 9.59 Å². The lowest BCUT2D eigenvalue weighted by molar-refractivity contribution is -0.152. The maximum absolute atomic E-state index is 11.9. The maximum Gasteiger partial charge on any atom is 0.333 e. The molecule has 24 heavy (non-hydrogen) atoms. The van der Waals surface area contributed by atoms with Gasteiger partial charge in [0, 0.05) is 16.6 Å². The smallest absolute Gasteiger partial charge is 0.333 e. The highest BCUT2D eigenvalue weighted by atomic mass is 16.5. The molecule has 3 aliphatic carbocycles. The third-order valence-electron chi connectivity index (χ3n) is 6.45. The molecule has 0 saturated heterocycles. The van der Waals surface area contributed by atoms with Crippen molar-refractivity contribution >= 4 is 11.9 Å². The van der Waals surface area contributed by atoms with Crippen LogP contribution in [0.2, 0.25) is 0 Å². The van der Waals surface area contributed by atoms with Gasteiger partial charge in [-0.3, -0.25) is 0 Å². The van der Waals surface area contributed by atoms with Crippen molar-refractivity contribution in [3.05, 3.63) is 24.3 Å². The minimum absolute atomic E-state index is 0.235. The molecule has 3 aliphatic rings. The van der Waals surface area contributed by atoms with Crippen LogP contribution in [0.1, 0.15) is 46.0 Å². The minimum Gasteiger partial charge on any atom is -0.462 e. The van der Waals surface area contributed by atoms with Crippen LogP contribution in [0, 0.1) is 29.1 Å². The molecule has 0 N–H and O–H groups in total. The highest BCUT2D eigenvalue weighted by Crippen LogP contribution is 2.65. The van der Waals surface area contributed by atoms with Crippen molar-refractivity contribution in [3.8, 4) is 0 Å². The Morgan fingerprint density at radius 2 is 1.50 bits per heavy atom. The van der Waals surface area contributed by atoms with Crippen molar-refractivity contribution in [3.63, 3.8) is 0 Å². The summed E-state index contributed by atoms with van der Waals surface area (Å²) in [4.78, 5) is 23.8. The van der Waals surface area contributed by atoms with Gasteiger partial charge in [0.05, 0.1) is 0 Å². The summed E-state index contributed by atoms with van der Waals surface area (Å²) in [6.45, 7) is 11.3. The van der Waals surface area contributed by atoms with Crippen molar-refractivity contribution in [1.82, 2.24) is 0 Å². The number of hydrogen-bond donors (Lipinski definition) is 0. The topological polar surface area (TPSA) is 52.6 Å². The lowest BCUT2D eigenvalue weighted by Crippen LogP contribution is -2.41. The summed E-state index contributed by atoms with van der Waals surface area (Å²) in [6, 6.07) is 0. The van der Waals surface area contributed by atoms with Crippen LogP contribution in [0.5, 0.6) is 0 Å². The number of ether oxygens (including phenoxy) is 2. The molecule has 3 saturated carbocycles. The molecule has 0 aromatic rings. The molecule has 4 heteroatoms. The van der Waals surface area contributed by atoms with Crippen LogP contribution >= 0.6 is 0 Å². The van der Waals surface area contributed by atoms with Crippen LogP contribution in [0.4, 0.5) is 0 Å². The van der Waals surface area contributed by atoms with Gasteiger partial charge in [0.2, 0.25) is 0 Å². The van der Waals surface area contributed by atoms with E-state index in [1.807, 2.05) is 0 Å². The van der Waals surface area contributed by atoms with E-state index in [9.17, 15) is 9.59 Å². The molecule has 4 atom stereocenters. The first kappa shape index (κ1) is 17.2. The fourth-order valence-electron chi connectivity index (χ4n) is 5.44. The maximum atomic E-state index is 11.9. The Bertz CT molecular complexity index is 546. The fraction of sp³-hybridized carbons (Fsp3) is 0.700. The summed E-state index contributed by atoms with van der Waals surface area (Å²) < 4.78 is 11.1. The minimum atomic E-state index is -0.354. The molecule has 0 amide bonds. The molecule has 132 valence electrons. The molecule has 0 radical (unpaired) electrons. The number of fused-ring (bicyclic) bond motifs is 5. The van der Waals surface area contributed by atoms with Gasteiger partial charge in [0.15, 0.2) is 0 Å². The number of carbonyl (C=O) groups is 2. The van der Waals surface area contributed by atoms with Gasteiger partial charge in [-0.2, -0.15) is 0 Å². The van der Waals surface area contributed by atoms with E-state index >= 15 is 0 Å². The van der Waals surface area contributed by atoms with Crippen LogP contribution in [0.25, 0.3) is 0 Å². The number of carbonyl (C=O) groups excluding carboxylic acids is 2. The Balaban J connectivity index is 1.76. The van der Waals surface area contributed by atoms with Gasteiger partial charge in [0.25, 0.3) is 0 Å². The van der Waals surface area contributed by atoms with Gasteiger partial charge in [0.1, 0.15) is 13.2 Å². The third kappa shape index (κ3) is 2.91. The average Bonchev–Trinajstić information content (AvgIpc) is 3.23. The van der Waals surface area contributed by atoms with E-state index < -0.39 is 0 Å². The van der Waals surface area contributed by atoms with E-state index in [2.05, 4.69) is 13.2 Å². The summed E-state index contributed by atoms with van der Waals surface area (Å²) in [5.74, 6) is 2.01. The molecule has 3 fully saturated rings. The predicted octanol–water partition coefficient (Wildman–Crippen LogP) is 3.67. The van der Waals surface area contributed by atoms with Crippen molar-refractivity contribution < 1.29 is 19.1 Å². The van der Waals surface area contributed by atoms with Crippen LogP contribution < -0.4 is 0 Å². The Morgan fingerprint density at radius 1 is 0.958 bits per heavy atom. The van der Waals surface area contributed by atoms with Crippen LogP contribution in [-0.2, 0) is 19.1 Å². The molecule has 0 aromatic heterocycles. The SMILES string of the molecule is C=C(C)C(=O)OCC1(COC(=O)C(=C)C)CCC2C3CCC(C3)C21. The van der Waals surface area contributed by atoms with E-state index in [4.69, 9.17) is 9.47 Å². The third-order valence-corrected chi connectivity index (χ3v) is 6.45. The van der Waals surface area contributed by atoms with Gasteiger partial charge in [-0.1, -0.05) is 13.2 Å². The lowest BCUT2D eigenvalue weighted by Gasteiger charge is -2.39. The highest BCUT2D eigenvalue weighted by molar-refractivity contribution is 5.87. The molecule has 0 spiro atoms. The number of esters is 2. The molecule has 4 unspecified atom stereocenters. The highest BCUT2D eigenvalue weighted by Gasteiger charge is 2.60. The zero-order valence-electron chi connectivity index (χ0n) is 14.8. The Hall–Kier alpha value is -1.58. The summed E-state index contributed by atoms with van der Waals surface area (Å²) in [6.07, 6.45) is 6.00. The predicted molar refractivity (Wildman–Crippen MR) is 91.0 cm³/mol. The normalized spacial score (nSPS) is 32.2. The van der Waals surface area contributed by atoms with Gasteiger partial charge in [-0.05, 0) is 69.6 Å². The molecular formula is C20H28O4. The Kier molecular flexibility index (Phi) is 4.58. The molecular weight excluding hydrogens is 304 g/mol. The van der Waals surface area contributed by atoms with E-state index in [0.717, 1.165) is 18.8 Å². The quantitative estimate of drug-likeness (QED) is 0.550. The standard InChI is InChI=1S/C20H28O4/c1-12(2)18(21)23-10-20(11-24-19(22)13(3)4)8-7-16-14-5-6-15(9-14)17(16)20/h14-17H,1,3,5-11H2,2,4H3. The van der Waals surface area contributed by atoms with Crippen LogP contribution in [0.3, 0.4) is 0 Å². The molecule has 3 rings (SSSR count). The summed E-state index contributed by atoms with van der Waals surface area (Å²) in [7, 11) is 0. The van der Waals surface area contributed by atoms with E-state index in [1.165, 1.54) is 19.3 Å². The van der Waals surface area contributed by atoms with Gasteiger partial charge >= 0.3 is 11.9 Å². The summed E-state index contributed by atoms with van der Waals surface area (Å²) in [5, 5.41) is 0. The first-order valence-electron chi connectivity index (χ1n) is 8.99.